The molecule has 31 heavy (non-hydrogen) atoms. The number of carbonyl (C=O) groups is 4. The van der Waals surface area contributed by atoms with Crippen LogP contribution >= 0.6 is 0 Å². The number of carbonyl (C=O) groups excluding carboxylic acids is 4. The Labute approximate surface area is 182 Å². The summed E-state index contributed by atoms with van der Waals surface area (Å²) in [4.78, 5) is 48.4. The van der Waals surface area contributed by atoms with Crippen LogP contribution in [0.15, 0.2) is 24.8 Å². The molecule has 0 N–H and O–H groups in total. The zero-order valence-corrected chi connectivity index (χ0v) is 19.0. The van der Waals surface area contributed by atoms with Gasteiger partial charge in [0.15, 0.2) is 0 Å². The van der Waals surface area contributed by atoms with Gasteiger partial charge < -0.3 is 18.9 Å². The second kappa shape index (κ2) is 9.24. The minimum Gasteiger partial charge on any atom is -0.461 e. The fraction of sp³-hybridized carbons (Fsp3) is 0.652. The van der Waals surface area contributed by atoms with Crippen molar-refractivity contribution in [2.45, 2.75) is 59.9 Å². The highest BCUT2D eigenvalue weighted by Crippen LogP contribution is 2.55. The van der Waals surface area contributed by atoms with E-state index in [1.807, 2.05) is 0 Å². The third-order valence-electron chi connectivity index (χ3n) is 6.23. The Morgan fingerprint density at radius 1 is 1.19 bits per heavy atom. The lowest BCUT2D eigenvalue weighted by Crippen LogP contribution is -2.62. The molecule has 0 amide bonds. The van der Waals surface area contributed by atoms with Crippen LogP contribution < -0.4 is 0 Å². The maximum Gasteiger partial charge on any atom is 0.309 e. The predicted molar refractivity (Wildman–Crippen MR) is 110 cm³/mol. The molecular formula is C23H32O8. The van der Waals surface area contributed by atoms with E-state index in [9.17, 15) is 19.2 Å². The van der Waals surface area contributed by atoms with Gasteiger partial charge in [0.25, 0.3) is 0 Å². The van der Waals surface area contributed by atoms with Crippen LogP contribution in [0.5, 0.6) is 0 Å². The van der Waals surface area contributed by atoms with E-state index in [0.29, 0.717) is 5.57 Å². The van der Waals surface area contributed by atoms with Crippen molar-refractivity contribution in [2.75, 3.05) is 6.61 Å². The van der Waals surface area contributed by atoms with Gasteiger partial charge in [-0.3, -0.25) is 19.2 Å². The van der Waals surface area contributed by atoms with Crippen LogP contribution in [0, 0.1) is 29.1 Å². The van der Waals surface area contributed by atoms with Crippen LogP contribution in [-0.2, 0) is 38.1 Å². The average molecular weight is 437 g/mol. The largest absolute Gasteiger partial charge is 0.461 e. The van der Waals surface area contributed by atoms with Crippen molar-refractivity contribution in [1.29, 1.82) is 0 Å². The second-order valence-electron chi connectivity index (χ2n) is 8.84. The summed E-state index contributed by atoms with van der Waals surface area (Å²) in [5, 5.41) is 0. The standard InChI is InChI=1S/C23H32O8/c1-9-23(8)17(12(4)10-28-14(6)24)18(30-21(26)11(2)3)16-13(5)22(27)31-19(16)20(23)29-15(7)25/h9,11,13,16-20H,1,4,10H2,2-3,5-8H3. The van der Waals surface area contributed by atoms with Crippen molar-refractivity contribution in [2.24, 2.45) is 29.1 Å². The second-order valence-corrected chi connectivity index (χ2v) is 8.84. The van der Waals surface area contributed by atoms with Gasteiger partial charge in [-0.2, -0.15) is 0 Å². The molecule has 8 nitrogen and oxygen atoms in total. The third kappa shape index (κ3) is 4.67. The first-order chi connectivity index (χ1) is 14.3. The molecule has 0 spiro atoms. The highest BCUT2D eigenvalue weighted by Gasteiger charge is 2.65. The van der Waals surface area contributed by atoms with Gasteiger partial charge in [-0.15, -0.1) is 6.58 Å². The van der Waals surface area contributed by atoms with E-state index in [-0.39, 0.29) is 6.61 Å². The first kappa shape index (κ1) is 24.6. The maximum atomic E-state index is 12.6. The van der Waals surface area contributed by atoms with Crippen molar-refractivity contribution < 1.29 is 38.1 Å². The molecule has 1 saturated heterocycles. The fourth-order valence-electron chi connectivity index (χ4n) is 4.59. The predicted octanol–water partition coefficient (Wildman–Crippen LogP) is 2.61. The molecule has 8 heteroatoms. The first-order valence-electron chi connectivity index (χ1n) is 10.4. The number of ether oxygens (including phenoxy) is 4. The molecule has 0 radical (unpaired) electrons. The van der Waals surface area contributed by atoms with E-state index < -0.39 is 71.3 Å². The summed E-state index contributed by atoms with van der Waals surface area (Å²) in [5.41, 5.74) is -0.558. The summed E-state index contributed by atoms with van der Waals surface area (Å²) in [6.07, 6.45) is -0.932. The minimum absolute atomic E-state index is 0.119. The Kier molecular flexibility index (Phi) is 7.34. The zero-order chi connectivity index (χ0) is 23.7. The highest BCUT2D eigenvalue weighted by atomic mass is 16.6. The lowest BCUT2D eigenvalue weighted by atomic mass is 9.56. The van der Waals surface area contributed by atoms with E-state index >= 15 is 0 Å². The number of rotatable bonds is 7. The van der Waals surface area contributed by atoms with Crippen LogP contribution in [-0.4, -0.2) is 48.8 Å². The number of hydrogen-bond donors (Lipinski definition) is 0. The lowest BCUT2D eigenvalue weighted by molar-refractivity contribution is -0.203. The molecular weight excluding hydrogens is 404 g/mol. The van der Waals surface area contributed by atoms with E-state index in [0.717, 1.165) is 0 Å². The quantitative estimate of drug-likeness (QED) is 0.341. The summed E-state index contributed by atoms with van der Waals surface area (Å²) < 4.78 is 22.3. The van der Waals surface area contributed by atoms with Crippen LogP contribution in [0.1, 0.15) is 41.5 Å². The fourth-order valence-corrected chi connectivity index (χ4v) is 4.59. The monoisotopic (exact) mass is 436 g/mol. The maximum absolute atomic E-state index is 12.6. The van der Waals surface area contributed by atoms with Crippen molar-refractivity contribution in [3.05, 3.63) is 24.8 Å². The number of fused-ring (bicyclic) bond motifs is 1. The van der Waals surface area contributed by atoms with Crippen molar-refractivity contribution in [3.63, 3.8) is 0 Å². The molecule has 1 saturated carbocycles. The van der Waals surface area contributed by atoms with Crippen LogP contribution in [0.3, 0.4) is 0 Å². The Balaban J connectivity index is 2.64. The summed E-state index contributed by atoms with van der Waals surface area (Å²) in [5.74, 6) is -4.18. The summed E-state index contributed by atoms with van der Waals surface area (Å²) in [6.45, 7) is 17.3. The van der Waals surface area contributed by atoms with Gasteiger partial charge in [0.05, 0.1) is 17.8 Å². The molecule has 1 aliphatic carbocycles. The Bertz CT molecular complexity index is 784. The molecule has 0 aromatic carbocycles. The molecule has 0 aromatic heterocycles. The van der Waals surface area contributed by atoms with Crippen LogP contribution in [0.4, 0.5) is 0 Å². The normalized spacial score (nSPS) is 34.4. The molecule has 0 bridgehead atoms. The molecule has 2 aliphatic rings. The molecule has 0 aromatic rings. The molecule has 7 unspecified atom stereocenters. The van der Waals surface area contributed by atoms with Gasteiger partial charge in [-0.05, 0) is 5.57 Å². The Morgan fingerprint density at radius 3 is 2.29 bits per heavy atom. The summed E-state index contributed by atoms with van der Waals surface area (Å²) >= 11 is 0. The number of esters is 4. The molecule has 2 fully saturated rings. The van der Waals surface area contributed by atoms with E-state index in [1.165, 1.54) is 13.8 Å². The third-order valence-corrected chi connectivity index (χ3v) is 6.23. The van der Waals surface area contributed by atoms with E-state index in [4.69, 9.17) is 18.9 Å². The zero-order valence-electron chi connectivity index (χ0n) is 19.0. The van der Waals surface area contributed by atoms with Crippen molar-refractivity contribution >= 4 is 23.9 Å². The van der Waals surface area contributed by atoms with Crippen molar-refractivity contribution in [1.82, 2.24) is 0 Å². The van der Waals surface area contributed by atoms with Crippen LogP contribution in [0.2, 0.25) is 0 Å². The molecule has 172 valence electrons. The molecule has 7 atom stereocenters. The van der Waals surface area contributed by atoms with E-state index in [2.05, 4.69) is 13.2 Å². The van der Waals surface area contributed by atoms with Gasteiger partial charge >= 0.3 is 23.9 Å². The van der Waals surface area contributed by atoms with Gasteiger partial charge in [0, 0.05) is 25.2 Å². The highest BCUT2D eigenvalue weighted by molar-refractivity contribution is 5.76. The first-order valence-corrected chi connectivity index (χ1v) is 10.4. The molecule has 1 heterocycles. The topological polar surface area (TPSA) is 105 Å². The number of hydrogen-bond acceptors (Lipinski definition) is 8. The van der Waals surface area contributed by atoms with Gasteiger partial charge in [-0.25, -0.2) is 0 Å². The lowest BCUT2D eigenvalue weighted by Gasteiger charge is -2.53. The van der Waals surface area contributed by atoms with Gasteiger partial charge in [0.1, 0.15) is 24.9 Å². The summed E-state index contributed by atoms with van der Waals surface area (Å²) in [6, 6.07) is 0. The average Bonchev–Trinajstić information content (AvgIpc) is 2.97. The SMILES string of the molecule is C=CC1(C)C(OC(C)=O)C2OC(=O)C(C)C2C(OC(=O)C(C)C)C1C(=C)COC(C)=O. The molecule has 2 rings (SSSR count). The Morgan fingerprint density at radius 2 is 1.81 bits per heavy atom. The van der Waals surface area contributed by atoms with Gasteiger partial charge in [0.2, 0.25) is 0 Å². The molecule has 1 aliphatic heterocycles. The van der Waals surface area contributed by atoms with Crippen molar-refractivity contribution in [3.8, 4) is 0 Å². The minimum atomic E-state index is -1.02. The smallest absolute Gasteiger partial charge is 0.309 e. The van der Waals surface area contributed by atoms with E-state index in [1.54, 1.807) is 33.8 Å². The van der Waals surface area contributed by atoms with Crippen LogP contribution in [0.25, 0.3) is 0 Å². The Hall–Kier alpha value is -2.64. The van der Waals surface area contributed by atoms with Gasteiger partial charge in [-0.1, -0.05) is 40.3 Å². The summed E-state index contributed by atoms with van der Waals surface area (Å²) in [7, 11) is 0.